The Morgan fingerprint density at radius 3 is 2.77 bits per heavy atom. The molecule has 1 fully saturated rings. The van der Waals surface area contributed by atoms with Gasteiger partial charge in [0.25, 0.3) is 0 Å². The summed E-state index contributed by atoms with van der Waals surface area (Å²) in [5.74, 6) is 0.746. The first-order valence-electron chi connectivity index (χ1n) is 8.26. The minimum atomic E-state index is -0.548. The fourth-order valence-corrected chi connectivity index (χ4v) is 3.69. The van der Waals surface area contributed by atoms with E-state index in [9.17, 15) is 5.11 Å². The van der Waals surface area contributed by atoms with Gasteiger partial charge in [-0.1, -0.05) is 40.2 Å². The molecule has 2 aromatic rings. The lowest BCUT2D eigenvalue weighted by Crippen LogP contribution is -2.43. The van der Waals surface area contributed by atoms with Gasteiger partial charge >= 0.3 is 0 Å². The number of hydrogen-bond donors (Lipinski definition) is 1. The van der Waals surface area contributed by atoms with Crippen LogP contribution in [0, 0.1) is 0 Å². The van der Waals surface area contributed by atoms with E-state index in [1.54, 1.807) is 0 Å². The highest BCUT2D eigenvalue weighted by molar-refractivity contribution is 9.10. The molecule has 2 aromatic carbocycles. The second-order valence-electron chi connectivity index (χ2n) is 6.07. The van der Waals surface area contributed by atoms with Crippen molar-refractivity contribution in [1.82, 2.24) is 4.90 Å². The van der Waals surface area contributed by atoms with Crippen molar-refractivity contribution in [2.75, 3.05) is 32.8 Å². The molecule has 7 heteroatoms. The van der Waals surface area contributed by atoms with E-state index in [0.717, 1.165) is 33.3 Å². The molecule has 0 aliphatic carbocycles. The van der Waals surface area contributed by atoms with Gasteiger partial charge in [-0.15, -0.1) is 12.4 Å². The lowest BCUT2D eigenvalue weighted by atomic mass is 10.1. The number of aliphatic hydroxyl groups excluding tert-OH is 1. The quantitative estimate of drug-likeness (QED) is 0.628. The third kappa shape index (κ3) is 6.22. The number of hydrogen-bond acceptors (Lipinski definition) is 4. The summed E-state index contributed by atoms with van der Waals surface area (Å²) in [7, 11) is 0. The minimum Gasteiger partial charge on any atom is -0.490 e. The molecule has 26 heavy (non-hydrogen) atoms. The zero-order valence-corrected chi connectivity index (χ0v) is 18.2. The molecular formula is C19H22Br2ClNO3. The number of para-hydroxylation sites is 1. The molecular weight excluding hydrogens is 485 g/mol. The summed E-state index contributed by atoms with van der Waals surface area (Å²) >= 11 is 6.95. The molecule has 2 unspecified atom stereocenters. The van der Waals surface area contributed by atoms with Gasteiger partial charge in [-0.2, -0.15) is 0 Å². The molecule has 0 aromatic heterocycles. The SMILES string of the molecule is Cl.OC(COc1ccccc1Br)CN1CCOC(c2cccc(Br)c2)C1. The fourth-order valence-electron chi connectivity index (χ4n) is 2.88. The zero-order chi connectivity index (χ0) is 17.6. The summed E-state index contributed by atoms with van der Waals surface area (Å²) in [6.07, 6.45) is -0.518. The normalized spacial score (nSPS) is 18.8. The lowest BCUT2D eigenvalue weighted by molar-refractivity contribution is -0.0459. The number of halogens is 3. The Hall–Kier alpha value is -0.630. The Labute approximate surface area is 177 Å². The van der Waals surface area contributed by atoms with Gasteiger partial charge < -0.3 is 14.6 Å². The van der Waals surface area contributed by atoms with E-state index in [0.29, 0.717) is 13.2 Å². The average molecular weight is 508 g/mol. The Kier molecular flexibility index (Phi) is 8.87. The third-order valence-electron chi connectivity index (χ3n) is 4.11. The van der Waals surface area contributed by atoms with Gasteiger partial charge in [0.15, 0.2) is 0 Å². The average Bonchev–Trinajstić information content (AvgIpc) is 2.61. The molecule has 4 nitrogen and oxygen atoms in total. The molecule has 1 saturated heterocycles. The van der Waals surface area contributed by atoms with Gasteiger partial charge in [0.2, 0.25) is 0 Å². The van der Waals surface area contributed by atoms with Crippen molar-refractivity contribution < 1.29 is 14.6 Å². The molecule has 0 saturated carbocycles. The summed E-state index contributed by atoms with van der Waals surface area (Å²) < 4.78 is 13.5. The first kappa shape index (κ1) is 21.7. The van der Waals surface area contributed by atoms with E-state index >= 15 is 0 Å². The van der Waals surface area contributed by atoms with Crippen LogP contribution < -0.4 is 4.74 Å². The maximum absolute atomic E-state index is 10.3. The van der Waals surface area contributed by atoms with Gasteiger partial charge in [0.05, 0.1) is 17.2 Å². The molecule has 1 aliphatic heterocycles. The highest BCUT2D eigenvalue weighted by Crippen LogP contribution is 2.26. The van der Waals surface area contributed by atoms with Crippen molar-refractivity contribution in [1.29, 1.82) is 0 Å². The smallest absolute Gasteiger partial charge is 0.133 e. The largest absolute Gasteiger partial charge is 0.490 e. The molecule has 1 aliphatic rings. The van der Waals surface area contributed by atoms with E-state index in [1.165, 1.54) is 0 Å². The van der Waals surface area contributed by atoms with Crippen LogP contribution in [0.15, 0.2) is 57.5 Å². The number of morpholine rings is 1. The van der Waals surface area contributed by atoms with Crippen molar-refractivity contribution in [3.05, 3.63) is 63.0 Å². The van der Waals surface area contributed by atoms with Gasteiger partial charge in [-0.3, -0.25) is 4.90 Å². The van der Waals surface area contributed by atoms with Gasteiger partial charge in [-0.05, 0) is 45.8 Å². The highest BCUT2D eigenvalue weighted by Gasteiger charge is 2.24. The predicted octanol–water partition coefficient (Wildman–Crippen LogP) is 4.45. The number of aliphatic hydroxyl groups is 1. The molecule has 142 valence electrons. The van der Waals surface area contributed by atoms with Crippen LogP contribution in [0.1, 0.15) is 11.7 Å². The first-order valence-corrected chi connectivity index (χ1v) is 9.85. The number of benzene rings is 2. The second-order valence-corrected chi connectivity index (χ2v) is 7.84. The number of β-amino-alcohol motifs (C(OH)–C–C–N with tert-alkyl or cyclic N) is 1. The maximum Gasteiger partial charge on any atom is 0.133 e. The number of nitrogens with zero attached hydrogens (tertiary/aromatic N) is 1. The van der Waals surface area contributed by atoms with Crippen LogP contribution in [0.25, 0.3) is 0 Å². The van der Waals surface area contributed by atoms with E-state index in [-0.39, 0.29) is 25.1 Å². The molecule has 1 N–H and O–H groups in total. The van der Waals surface area contributed by atoms with Crippen LogP contribution in [-0.2, 0) is 4.74 Å². The summed E-state index contributed by atoms with van der Waals surface area (Å²) in [6.45, 7) is 3.08. The molecule has 3 rings (SSSR count). The number of ether oxygens (including phenoxy) is 2. The standard InChI is InChI=1S/C19H21Br2NO3.ClH/c20-15-5-3-4-14(10-15)19-12-22(8-9-24-19)11-16(23)13-25-18-7-2-1-6-17(18)21;/h1-7,10,16,19,23H,8-9,11-13H2;1H. The van der Waals surface area contributed by atoms with Crippen LogP contribution >= 0.6 is 44.3 Å². The van der Waals surface area contributed by atoms with Crippen molar-refractivity contribution in [3.8, 4) is 5.75 Å². The Bertz CT molecular complexity index is 704. The molecule has 0 bridgehead atoms. The molecule has 2 atom stereocenters. The van der Waals surface area contributed by atoms with Crippen molar-refractivity contribution in [3.63, 3.8) is 0 Å². The number of rotatable bonds is 6. The van der Waals surface area contributed by atoms with Gasteiger partial charge in [-0.25, -0.2) is 0 Å². The topological polar surface area (TPSA) is 41.9 Å². The molecule has 0 spiro atoms. The van der Waals surface area contributed by atoms with Crippen LogP contribution in [0.5, 0.6) is 5.75 Å². The summed E-state index contributed by atoms with van der Waals surface area (Å²) in [4.78, 5) is 2.23. The van der Waals surface area contributed by atoms with Crippen LogP contribution in [0.2, 0.25) is 0 Å². The minimum absolute atomic E-state index is 0. The van der Waals surface area contributed by atoms with Crippen LogP contribution in [0.3, 0.4) is 0 Å². The maximum atomic E-state index is 10.3. The van der Waals surface area contributed by atoms with E-state index in [2.05, 4.69) is 48.9 Å². The fraction of sp³-hybridized carbons (Fsp3) is 0.368. The van der Waals surface area contributed by atoms with Crippen molar-refractivity contribution >= 4 is 44.3 Å². The van der Waals surface area contributed by atoms with Crippen LogP contribution in [-0.4, -0.2) is 49.0 Å². The van der Waals surface area contributed by atoms with Crippen molar-refractivity contribution in [2.45, 2.75) is 12.2 Å². The first-order chi connectivity index (χ1) is 12.1. The predicted molar refractivity (Wildman–Crippen MR) is 112 cm³/mol. The van der Waals surface area contributed by atoms with E-state index < -0.39 is 6.10 Å². The Morgan fingerprint density at radius 2 is 2.00 bits per heavy atom. The molecule has 0 amide bonds. The third-order valence-corrected chi connectivity index (χ3v) is 5.26. The van der Waals surface area contributed by atoms with Gasteiger partial charge in [0.1, 0.15) is 18.5 Å². The van der Waals surface area contributed by atoms with Gasteiger partial charge in [0, 0.05) is 24.1 Å². The Morgan fingerprint density at radius 1 is 1.19 bits per heavy atom. The molecule has 1 heterocycles. The lowest BCUT2D eigenvalue weighted by Gasteiger charge is -2.34. The monoisotopic (exact) mass is 505 g/mol. The van der Waals surface area contributed by atoms with Crippen molar-refractivity contribution in [2.24, 2.45) is 0 Å². The molecule has 0 radical (unpaired) electrons. The summed E-state index contributed by atoms with van der Waals surface area (Å²) in [6, 6.07) is 15.8. The van der Waals surface area contributed by atoms with E-state index in [4.69, 9.17) is 9.47 Å². The highest BCUT2D eigenvalue weighted by atomic mass is 79.9. The zero-order valence-electron chi connectivity index (χ0n) is 14.2. The Balaban J connectivity index is 0.00000243. The summed E-state index contributed by atoms with van der Waals surface area (Å²) in [5, 5.41) is 10.3. The van der Waals surface area contributed by atoms with Crippen LogP contribution in [0.4, 0.5) is 0 Å². The second kappa shape index (κ2) is 10.6. The summed E-state index contributed by atoms with van der Waals surface area (Å²) in [5.41, 5.74) is 1.15. The van der Waals surface area contributed by atoms with E-state index in [1.807, 2.05) is 36.4 Å².